The van der Waals surface area contributed by atoms with Crippen molar-refractivity contribution in [2.75, 3.05) is 0 Å². The molecule has 0 spiro atoms. The minimum absolute atomic E-state index is 0.135. The van der Waals surface area contributed by atoms with Gasteiger partial charge in [-0.15, -0.1) is 0 Å². The third kappa shape index (κ3) is 2.79. The fraction of sp³-hybridized carbons (Fsp3) is 0.286. The number of nitrogens with zero attached hydrogens (tertiary/aromatic N) is 1. The largest absolute Gasteiger partial charge is 0.493 e. The lowest BCUT2D eigenvalue weighted by Crippen LogP contribution is -2.22. The molecule has 4 nitrogen and oxygen atoms in total. The quantitative estimate of drug-likeness (QED) is 0.842. The van der Waals surface area contributed by atoms with Crippen molar-refractivity contribution in [2.24, 2.45) is 0 Å². The first kappa shape index (κ1) is 13.6. The minimum Gasteiger partial charge on any atom is -0.493 e. The lowest BCUT2D eigenvalue weighted by Gasteiger charge is -2.17. The van der Waals surface area contributed by atoms with Crippen molar-refractivity contribution in [1.29, 1.82) is 0 Å². The van der Waals surface area contributed by atoms with Gasteiger partial charge in [0.05, 0.1) is 0 Å². The predicted molar refractivity (Wildman–Crippen MR) is 75.7 cm³/mol. The van der Waals surface area contributed by atoms with Crippen molar-refractivity contribution in [1.82, 2.24) is 9.97 Å². The van der Waals surface area contributed by atoms with Crippen molar-refractivity contribution in [3.63, 3.8) is 0 Å². The number of hydrogen-bond donors (Lipinski definition) is 2. The molecule has 0 aliphatic heterocycles. The minimum atomic E-state index is -0.375. The van der Waals surface area contributed by atoms with Gasteiger partial charge in [-0.05, 0) is 17.7 Å². The Morgan fingerprint density at radius 3 is 2.53 bits per heavy atom. The molecule has 0 aliphatic rings. The molecule has 1 heterocycles. The first-order valence-electron chi connectivity index (χ1n) is 5.89. The Hall–Kier alpha value is -1.81. The summed E-state index contributed by atoms with van der Waals surface area (Å²) in [7, 11) is 0. The highest BCUT2D eigenvalue weighted by molar-refractivity contribution is 6.30. The summed E-state index contributed by atoms with van der Waals surface area (Å²) in [6, 6.07) is 6.74. The molecule has 0 bridgehead atoms. The highest BCUT2D eigenvalue weighted by Gasteiger charge is 2.21. The van der Waals surface area contributed by atoms with E-state index in [-0.39, 0.29) is 22.4 Å². The van der Waals surface area contributed by atoms with Crippen molar-refractivity contribution >= 4 is 11.6 Å². The van der Waals surface area contributed by atoms with E-state index in [0.717, 1.165) is 0 Å². The van der Waals surface area contributed by atoms with Gasteiger partial charge in [-0.3, -0.25) is 4.79 Å². The van der Waals surface area contributed by atoms with Crippen molar-refractivity contribution < 1.29 is 5.11 Å². The van der Waals surface area contributed by atoms with E-state index in [1.807, 2.05) is 20.8 Å². The first-order chi connectivity index (χ1) is 8.79. The van der Waals surface area contributed by atoms with Gasteiger partial charge in [0.25, 0.3) is 5.56 Å². The van der Waals surface area contributed by atoms with Crippen LogP contribution in [0.4, 0.5) is 0 Å². The maximum absolute atomic E-state index is 12.1. The van der Waals surface area contributed by atoms with E-state index < -0.39 is 0 Å². The molecule has 0 saturated carbocycles. The maximum Gasteiger partial charge on any atom is 0.262 e. The number of aromatic amines is 1. The smallest absolute Gasteiger partial charge is 0.262 e. The van der Waals surface area contributed by atoms with E-state index in [4.69, 9.17) is 11.6 Å². The van der Waals surface area contributed by atoms with Crippen LogP contribution in [0.5, 0.6) is 5.88 Å². The fourth-order valence-corrected chi connectivity index (χ4v) is 1.91. The van der Waals surface area contributed by atoms with Crippen LogP contribution in [0.1, 0.15) is 26.6 Å². The lowest BCUT2D eigenvalue weighted by molar-refractivity contribution is 0.437. The van der Waals surface area contributed by atoms with Gasteiger partial charge < -0.3 is 10.1 Å². The summed E-state index contributed by atoms with van der Waals surface area (Å²) in [5.74, 6) is 0.164. The first-order valence-corrected chi connectivity index (χ1v) is 6.26. The number of aromatic nitrogens is 2. The van der Waals surface area contributed by atoms with Crippen LogP contribution in [0.3, 0.4) is 0 Å². The summed E-state index contributed by atoms with van der Waals surface area (Å²) in [5.41, 5.74) is -0.0434. The van der Waals surface area contributed by atoms with Crippen LogP contribution in [0.15, 0.2) is 29.1 Å². The van der Waals surface area contributed by atoms with E-state index in [2.05, 4.69) is 9.97 Å². The number of nitrogens with one attached hydrogen (secondary N) is 1. The van der Waals surface area contributed by atoms with Gasteiger partial charge in [-0.25, -0.2) is 0 Å². The molecule has 0 saturated heterocycles. The molecule has 2 rings (SSSR count). The lowest BCUT2D eigenvalue weighted by atomic mass is 9.95. The number of halogens is 1. The highest BCUT2D eigenvalue weighted by Crippen LogP contribution is 2.27. The average molecular weight is 279 g/mol. The Morgan fingerprint density at radius 1 is 1.32 bits per heavy atom. The molecule has 19 heavy (non-hydrogen) atoms. The molecule has 0 unspecified atom stereocenters. The second-order valence-corrected chi connectivity index (χ2v) is 5.81. The second kappa shape index (κ2) is 4.70. The van der Waals surface area contributed by atoms with Crippen LogP contribution in [0.25, 0.3) is 11.1 Å². The van der Waals surface area contributed by atoms with Crippen molar-refractivity contribution in [3.8, 4) is 17.0 Å². The monoisotopic (exact) mass is 278 g/mol. The third-order valence-corrected chi connectivity index (χ3v) is 2.96. The van der Waals surface area contributed by atoms with Gasteiger partial charge in [0.15, 0.2) is 0 Å². The van der Waals surface area contributed by atoms with Gasteiger partial charge >= 0.3 is 0 Å². The maximum atomic E-state index is 12.1. The highest BCUT2D eigenvalue weighted by atomic mass is 35.5. The summed E-state index contributed by atoms with van der Waals surface area (Å²) in [4.78, 5) is 18.9. The van der Waals surface area contributed by atoms with Crippen molar-refractivity contribution in [3.05, 3.63) is 45.5 Å². The number of hydrogen-bond acceptors (Lipinski definition) is 3. The van der Waals surface area contributed by atoms with Gasteiger partial charge in [0.2, 0.25) is 5.88 Å². The summed E-state index contributed by atoms with van der Waals surface area (Å²) < 4.78 is 0. The molecular weight excluding hydrogens is 264 g/mol. The van der Waals surface area contributed by atoms with Crippen LogP contribution in [-0.2, 0) is 5.41 Å². The van der Waals surface area contributed by atoms with Crippen LogP contribution in [-0.4, -0.2) is 15.1 Å². The van der Waals surface area contributed by atoms with E-state index in [1.54, 1.807) is 24.3 Å². The van der Waals surface area contributed by atoms with Crippen LogP contribution in [0, 0.1) is 0 Å². The van der Waals surface area contributed by atoms with Crippen LogP contribution in [0.2, 0.25) is 5.02 Å². The zero-order valence-corrected chi connectivity index (χ0v) is 11.7. The van der Waals surface area contributed by atoms with Gasteiger partial charge in [0.1, 0.15) is 11.4 Å². The summed E-state index contributed by atoms with van der Waals surface area (Å²) in [6.07, 6.45) is 0. The molecule has 100 valence electrons. The number of benzene rings is 1. The molecule has 0 aliphatic carbocycles. The molecule has 1 aromatic heterocycles. The topological polar surface area (TPSA) is 66.0 Å². The van der Waals surface area contributed by atoms with Crippen LogP contribution >= 0.6 is 11.6 Å². The molecular formula is C14H15ClN2O2. The third-order valence-electron chi connectivity index (χ3n) is 2.72. The molecule has 0 radical (unpaired) electrons. The van der Waals surface area contributed by atoms with Gasteiger partial charge in [-0.1, -0.05) is 44.5 Å². The van der Waals surface area contributed by atoms with E-state index in [9.17, 15) is 9.90 Å². The number of H-pyrrole nitrogens is 1. The van der Waals surface area contributed by atoms with Gasteiger partial charge in [0, 0.05) is 10.4 Å². The predicted octanol–water partition coefficient (Wildman–Crippen LogP) is 3.09. The zero-order valence-electron chi connectivity index (χ0n) is 11.0. The summed E-state index contributed by atoms with van der Waals surface area (Å²) in [6.45, 7) is 5.72. The molecule has 2 N–H and O–H groups in total. The molecule has 1 aromatic carbocycles. The second-order valence-electron chi connectivity index (χ2n) is 5.37. The number of rotatable bonds is 1. The van der Waals surface area contributed by atoms with E-state index in [1.165, 1.54) is 0 Å². The average Bonchev–Trinajstić information content (AvgIpc) is 2.26. The normalized spacial score (nSPS) is 11.6. The molecule has 2 aromatic rings. The summed E-state index contributed by atoms with van der Waals surface area (Å²) in [5, 5.41) is 10.5. The summed E-state index contributed by atoms with van der Waals surface area (Å²) >= 11 is 5.89. The molecule has 0 atom stereocenters. The Labute approximate surface area is 116 Å². The standard InChI is InChI=1S/C14H15ClN2O2/c1-14(2,3)13-16-11(18)10(12(19)17-13)8-5-4-6-9(15)7-8/h4-7H,1-3H3,(H2,16,17,18,19). The van der Waals surface area contributed by atoms with Crippen LogP contribution < -0.4 is 5.56 Å². The van der Waals surface area contributed by atoms with E-state index >= 15 is 0 Å². The Balaban J connectivity index is 2.64. The molecule has 5 heteroatoms. The van der Waals surface area contributed by atoms with Crippen molar-refractivity contribution in [2.45, 2.75) is 26.2 Å². The Kier molecular flexibility index (Phi) is 3.37. The zero-order chi connectivity index (χ0) is 14.2. The molecule has 0 fully saturated rings. The Morgan fingerprint density at radius 2 is 2.00 bits per heavy atom. The SMILES string of the molecule is CC(C)(C)c1nc(O)c(-c2cccc(Cl)c2)c(=O)[nH]1. The number of aromatic hydroxyl groups is 1. The van der Waals surface area contributed by atoms with Gasteiger partial charge in [-0.2, -0.15) is 4.98 Å². The fourth-order valence-electron chi connectivity index (χ4n) is 1.72. The molecule has 0 amide bonds. The Bertz CT molecular complexity index is 672. The van der Waals surface area contributed by atoms with E-state index in [0.29, 0.717) is 16.4 Å².